The van der Waals surface area contributed by atoms with E-state index in [0.29, 0.717) is 24.7 Å². The monoisotopic (exact) mass is 263 g/mol. The van der Waals surface area contributed by atoms with E-state index in [1.54, 1.807) is 17.3 Å². The highest BCUT2D eigenvalue weighted by Gasteiger charge is 2.22. The van der Waals surface area contributed by atoms with Crippen molar-refractivity contribution in [3.63, 3.8) is 0 Å². The molecule has 0 spiro atoms. The highest BCUT2D eigenvalue weighted by Crippen LogP contribution is 2.11. The van der Waals surface area contributed by atoms with Gasteiger partial charge in [0.15, 0.2) is 0 Å². The molecule has 0 saturated carbocycles. The van der Waals surface area contributed by atoms with Crippen LogP contribution >= 0.6 is 0 Å². The molecule has 1 amide bonds. The quantitative estimate of drug-likeness (QED) is 0.815. The third kappa shape index (κ3) is 3.75. The molecule has 0 radical (unpaired) electrons. The average molecular weight is 263 g/mol. The predicted octanol–water partition coefficient (Wildman–Crippen LogP) is 0.577. The van der Waals surface area contributed by atoms with Crippen LogP contribution in [0.15, 0.2) is 18.5 Å². The first-order chi connectivity index (χ1) is 9.20. The van der Waals surface area contributed by atoms with E-state index in [1.807, 2.05) is 13.0 Å². The zero-order chi connectivity index (χ0) is 13.7. The number of rotatable bonds is 5. The fraction of sp³-hybridized carbons (Fsp3) is 0.571. The van der Waals surface area contributed by atoms with Crippen LogP contribution in [0, 0.1) is 6.92 Å². The molecule has 1 atom stereocenters. The third-order valence-electron chi connectivity index (χ3n) is 3.38. The molecule has 1 aromatic heterocycles. The highest BCUT2D eigenvalue weighted by atomic mass is 16.3. The van der Waals surface area contributed by atoms with Gasteiger partial charge in [-0.3, -0.25) is 9.78 Å². The van der Waals surface area contributed by atoms with E-state index in [2.05, 4.69) is 10.3 Å². The van der Waals surface area contributed by atoms with Crippen LogP contribution in [0.5, 0.6) is 0 Å². The van der Waals surface area contributed by atoms with Crippen LogP contribution in [-0.4, -0.2) is 53.2 Å². The number of aromatic nitrogens is 1. The molecule has 1 aromatic rings. The second kappa shape index (κ2) is 6.63. The Kier molecular flexibility index (Phi) is 4.87. The van der Waals surface area contributed by atoms with Gasteiger partial charge in [0.2, 0.25) is 0 Å². The summed E-state index contributed by atoms with van der Waals surface area (Å²) in [5, 5.41) is 12.5. The Morgan fingerprint density at radius 2 is 2.42 bits per heavy atom. The molecule has 1 saturated heterocycles. The van der Waals surface area contributed by atoms with Gasteiger partial charge in [-0.2, -0.15) is 0 Å². The van der Waals surface area contributed by atoms with E-state index in [1.165, 1.54) is 0 Å². The lowest BCUT2D eigenvalue weighted by molar-refractivity contribution is 0.0706. The van der Waals surface area contributed by atoms with Crippen molar-refractivity contribution >= 4 is 5.91 Å². The van der Waals surface area contributed by atoms with Crippen molar-refractivity contribution in [3.05, 3.63) is 29.6 Å². The van der Waals surface area contributed by atoms with Crippen LogP contribution < -0.4 is 5.32 Å². The number of amides is 1. The van der Waals surface area contributed by atoms with Gasteiger partial charge in [0.1, 0.15) is 0 Å². The van der Waals surface area contributed by atoms with Gasteiger partial charge in [-0.25, -0.2) is 0 Å². The fourth-order valence-corrected chi connectivity index (χ4v) is 2.43. The van der Waals surface area contributed by atoms with Gasteiger partial charge < -0.3 is 15.3 Å². The first-order valence-corrected chi connectivity index (χ1v) is 6.76. The van der Waals surface area contributed by atoms with Crippen LogP contribution in [0.1, 0.15) is 28.8 Å². The second-order valence-electron chi connectivity index (χ2n) is 5.02. The lowest BCUT2D eigenvalue weighted by Crippen LogP contribution is -2.42. The maximum absolute atomic E-state index is 12.4. The minimum absolute atomic E-state index is 0.0162. The first kappa shape index (κ1) is 14.0. The SMILES string of the molecule is Cc1cncc(C(=O)N(CCO)CC2CCCN2)c1. The fourth-order valence-electron chi connectivity index (χ4n) is 2.43. The van der Waals surface area contributed by atoms with E-state index in [0.717, 1.165) is 24.9 Å². The van der Waals surface area contributed by atoms with Crippen molar-refractivity contribution in [2.75, 3.05) is 26.2 Å². The number of carbonyl (C=O) groups excluding carboxylic acids is 1. The molecule has 1 aliphatic rings. The van der Waals surface area contributed by atoms with Crippen LogP contribution in [0.2, 0.25) is 0 Å². The summed E-state index contributed by atoms with van der Waals surface area (Å²) in [4.78, 5) is 18.2. The molecule has 1 fully saturated rings. The van der Waals surface area contributed by atoms with Crippen molar-refractivity contribution in [2.24, 2.45) is 0 Å². The van der Waals surface area contributed by atoms with E-state index >= 15 is 0 Å². The standard InChI is InChI=1S/C14H21N3O2/c1-11-7-12(9-15-8-11)14(19)17(5-6-18)10-13-3-2-4-16-13/h7-9,13,16,18H,2-6,10H2,1H3. The Balaban J connectivity index is 2.06. The lowest BCUT2D eigenvalue weighted by atomic mass is 10.1. The maximum Gasteiger partial charge on any atom is 0.255 e. The first-order valence-electron chi connectivity index (χ1n) is 6.76. The molecule has 0 aliphatic carbocycles. The number of nitrogens with one attached hydrogen (secondary N) is 1. The number of carbonyl (C=O) groups is 1. The largest absolute Gasteiger partial charge is 0.395 e. The van der Waals surface area contributed by atoms with Gasteiger partial charge in [0.25, 0.3) is 5.91 Å². The summed E-state index contributed by atoms with van der Waals surface area (Å²) in [7, 11) is 0. The van der Waals surface area contributed by atoms with E-state index in [-0.39, 0.29) is 12.5 Å². The van der Waals surface area contributed by atoms with Crippen molar-refractivity contribution < 1.29 is 9.90 Å². The molecular formula is C14H21N3O2. The zero-order valence-corrected chi connectivity index (χ0v) is 11.3. The summed E-state index contributed by atoms with van der Waals surface area (Å²) >= 11 is 0. The molecule has 19 heavy (non-hydrogen) atoms. The highest BCUT2D eigenvalue weighted by molar-refractivity contribution is 5.94. The van der Waals surface area contributed by atoms with Crippen LogP contribution in [0.3, 0.4) is 0 Å². The number of aliphatic hydroxyl groups is 1. The van der Waals surface area contributed by atoms with Crippen molar-refractivity contribution in [3.8, 4) is 0 Å². The minimum Gasteiger partial charge on any atom is -0.395 e. The van der Waals surface area contributed by atoms with Gasteiger partial charge in [0.05, 0.1) is 12.2 Å². The summed E-state index contributed by atoms with van der Waals surface area (Å²) in [5.74, 6) is -0.0565. The summed E-state index contributed by atoms with van der Waals surface area (Å²) in [6, 6.07) is 2.18. The lowest BCUT2D eigenvalue weighted by Gasteiger charge is -2.25. The molecule has 2 rings (SSSR count). The Bertz CT molecular complexity index is 430. The molecule has 0 bridgehead atoms. The molecule has 104 valence electrons. The minimum atomic E-state index is -0.0565. The van der Waals surface area contributed by atoms with Gasteiger partial charge in [-0.05, 0) is 37.9 Å². The molecule has 5 nitrogen and oxygen atoms in total. The normalized spacial score (nSPS) is 18.5. The number of aryl methyl sites for hydroxylation is 1. The molecular weight excluding hydrogens is 242 g/mol. The Labute approximate surface area is 113 Å². The summed E-state index contributed by atoms with van der Waals surface area (Å²) < 4.78 is 0. The van der Waals surface area contributed by atoms with Gasteiger partial charge >= 0.3 is 0 Å². The summed E-state index contributed by atoms with van der Waals surface area (Å²) in [6.45, 7) is 3.92. The predicted molar refractivity (Wildman–Crippen MR) is 73.0 cm³/mol. The summed E-state index contributed by atoms with van der Waals surface area (Å²) in [5.41, 5.74) is 1.56. The van der Waals surface area contributed by atoms with E-state index in [4.69, 9.17) is 5.11 Å². The van der Waals surface area contributed by atoms with Gasteiger partial charge in [0, 0.05) is 31.5 Å². The Morgan fingerprint density at radius 1 is 1.58 bits per heavy atom. The zero-order valence-electron chi connectivity index (χ0n) is 11.3. The van der Waals surface area contributed by atoms with E-state index < -0.39 is 0 Å². The van der Waals surface area contributed by atoms with Crippen LogP contribution in [-0.2, 0) is 0 Å². The maximum atomic E-state index is 12.4. The van der Waals surface area contributed by atoms with Crippen molar-refractivity contribution in [2.45, 2.75) is 25.8 Å². The molecule has 2 heterocycles. The smallest absolute Gasteiger partial charge is 0.255 e. The molecule has 5 heteroatoms. The second-order valence-corrected chi connectivity index (χ2v) is 5.02. The number of aliphatic hydroxyl groups excluding tert-OH is 1. The molecule has 1 unspecified atom stereocenters. The molecule has 2 N–H and O–H groups in total. The third-order valence-corrected chi connectivity index (χ3v) is 3.38. The number of nitrogens with zero attached hydrogens (tertiary/aromatic N) is 2. The van der Waals surface area contributed by atoms with Gasteiger partial charge in [-0.15, -0.1) is 0 Å². The van der Waals surface area contributed by atoms with Crippen LogP contribution in [0.25, 0.3) is 0 Å². The number of pyridine rings is 1. The van der Waals surface area contributed by atoms with Crippen molar-refractivity contribution in [1.29, 1.82) is 0 Å². The van der Waals surface area contributed by atoms with Crippen molar-refractivity contribution in [1.82, 2.24) is 15.2 Å². The van der Waals surface area contributed by atoms with E-state index in [9.17, 15) is 4.79 Å². The summed E-state index contributed by atoms with van der Waals surface area (Å²) in [6.07, 6.45) is 5.55. The number of hydrogen-bond acceptors (Lipinski definition) is 4. The Morgan fingerprint density at radius 3 is 3.05 bits per heavy atom. The average Bonchev–Trinajstić information content (AvgIpc) is 2.90. The topological polar surface area (TPSA) is 65.5 Å². The molecule has 1 aliphatic heterocycles. The number of hydrogen-bond donors (Lipinski definition) is 2. The van der Waals surface area contributed by atoms with Crippen LogP contribution in [0.4, 0.5) is 0 Å². The van der Waals surface area contributed by atoms with Gasteiger partial charge in [-0.1, -0.05) is 0 Å². The molecule has 0 aromatic carbocycles. The Hall–Kier alpha value is -1.46.